The van der Waals surface area contributed by atoms with E-state index >= 15 is 0 Å². The van der Waals surface area contributed by atoms with Crippen LogP contribution in [0.3, 0.4) is 0 Å². The van der Waals surface area contributed by atoms with Crippen LogP contribution in [0.5, 0.6) is 0 Å². The predicted molar refractivity (Wildman–Crippen MR) is 85.3 cm³/mol. The molecule has 21 heavy (non-hydrogen) atoms. The summed E-state index contributed by atoms with van der Waals surface area (Å²) in [7, 11) is 0. The van der Waals surface area contributed by atoms with Gasteiger partial charge in [0.25, 0.3) is 0 Å². The Balaban J connectivity index is 1.66. The molecular weight excluding hydrogens is 256 g/mol. The molecule has 0 heterocycles. The van der Waals surface area contributed by atoms with Crippen LogP contribution >= 0.6 is 0 Å². The van der Waals surface area contributed by atoms with Gasteiger partial charge in [-0.3, -0.25) is 0 Å². The minimum Gasteiger partial charge on any atom is -0.151 e. The highest BCUT2D eigenvalue weighted by atomic mass is 15.1. The maximum Gasteiger partial charge on any atom is 0.0860 e. The van der Waals surface area contributed by atoms with Crippen LogP contribution in [0.2, 0.25) is 0 Å². The van der Waals surface area contributed by atoms with Crippen LogP contribution in [0, 0.1) is 0 Å². The summed E-state index contributed by atoms with van der Waals surface area (Å²) in [5.74, 6) is 0. The van der Waals surface area contributed by atoms with Crippen molar-refractivity contribution in [1.82, 2.24) is 0 Å². The summed E-state index contributed by atoms with van der Waals surface area (Å²) in [6.45, 7) is 0. The van der Waals surface area contributed by atoms with E-state index in [9.17, 15) is 0 Å². The average Bonchev–Trinajstić information content (AvgIpc) is 2.91. The summed E-state index contributed by atoms with van der Waals surface area (Å²) in [5.41, 5.74) is 7.18. The van der Waals surface area contributed by atoms with Crippen LogP contribution < -0.4 is 0 Å². The molecule has 0 saturated heterocycles. The second-order valence-electron chi connectivity index (χ2n) is 5.21. The number of benzene rings is 3. The largest absolute Gasteiger partial charge is 0.151 e. The number of fused-ring (bicyclic) bond motifs is 3. The van der Waals surface area contributed by atoms with Gasteiger partial charge < -0.3 is 0 Å². The number of hydrogen-bond acceptors (Lipinski definition) is 2. The molecule has 1 aliphatic carbocycles. The number of rotatable bonds is 2. The molecule has 0 unspecified atom stereocenters. The molecule has 4 rings (SSSR count). The van der Waals surface area contributed by atoms with Crippen LogP contribution in [0.4, 0.5) is 11.4 Å². The van der Waals surface area contributed by atoms with E-state index in [2.05, 4.69) is 46.6 Å². The summed E-state index contributed by atoms with van der Waals surface area (Å²) >= 11 is 0. The smallest absolute Gasteiger partial charge is 0.0860 e. The van der Waals surface area contributed by atoms with Crippen LogP contribution in [0.15, 0.2) is 83.0 Å². The molecule has 3 aromatic rings. The molecule has 0 amide bonds. The summed E-state index contributed by atoms with van der Waals surface area (Å²) in [6.07, 6.45) is 0.986. The van der Waals surface area contributed by atoms with Crippen LogP contribution in [-0.4, -0.2) is 0 Å². The molecule has 0 saturated carbocycles. The molecule has 0 radical (unpaired) electrons. The molecule has 0 fully saturated rings. The molecule has 0 atom stereocenters. The highest BCUT2D eigenvalue weighted by molar-refractivity contribution is 5.78. The number of nitrogens with zero attached hydrogens (tertiary/aromatic N) is 2. The fourth-order valence-corrected chi connectivity index (χ4v) is 2.80. The van der Waals surface area contributed by atoms with E-state index in [0.717, 1.165) is 17.8 Å². The van der Waals surface area contributed by atoms with Gasteiger partial charge in [-0.15, -0.1) is 0 Å². The Morgan fingerprint density at radius 1 is 0.571 bits per heavy atom. The highest BCUT2D eigenvalue weighted by Crippen LogP contribution is 2.38. The van der Waals surface area contributed by atoms with Crippen molar-refractivity contribution < 1.29 is 0 Å². The third-order valence-corrected chi connectivity index (χ3v) is 3.81. The lowest BCUT2D eigenvalue weighted by Gasteiger charge is -2.01. The molecular formula is C19H14N2. The van der Waals surface area contributed by atoms with Crippen molar-refractivity contribution in [3.8, 4) is 11.1 Å². The molecule has 100 valence electrons. The van der Waals surface area contributed by atoms with Crippen LogP contribution in [0.25, 0.3) is 11.1 Å². The van der Waals surface area contributed by atoms with Gasteiger partial charge in [0, 0.05) is 0 Å². The second-order valence-corrected chi connectivity index (χ2v) is 5.21. The van der Waals surface area contributed by atoms with E-state index in [-0.39, 0.29) is 0 Å². The van der Waals surface area contributed by atoms with Crippen molar-refractivity contribution in [1.29, 1.82) is 0 Å². The van der Waals surface area contributed by atoms with E-state index < -0.39 is 0 Å². The van der Waals surface area contributed by atoms with Gasteiger partial charge in [0.2, 0.25) is 0 Å². The van der Waals surface area contributed by atoms with Crippen molar-refractivity contribution in [3.05, 3.63) is 83.9 Å². The third-order valence-electron chi connectivity index (χ3n) is 3.81. The number of hydrogen-bond donors (Lipinski definition) is 0. The molecule has 0 aliphatic heterocycles. The lowest BCUT2D eigenvalue weighted by Crippen LogP contribution is -1.78. The molecule has 2 nitrogen and oxygen atoms in total. The molecule has 0 bridgehead atoms. The summed E-state index contributed by atoms with van der Waals surface area (Å²) in [5, 5.41) is 8.62. The fraction of sp³-hybridized carbons (Fsp3) is 0.0526. The van der Waals surface area contributed by atoms with E-state index in [1.807, 2.05) is 36.4 Å². The Bertz CT molecular complexity index is 820. The zero-order valence-corrected chi connectivity index (χ0v) is 11.5. The number of azo groups is 1. The molecule has 0 aromatic heterocycles. The van der Waals surface area contributed by atoms with Gasteiger partial charge in [-0.2, -0.15) is 10.2 Å². The van der Waals surface area contributed by atoms with Crippen molar-refractivity contribution in [2.75, 3.05) is 0 Å². The first-order chi connectivity index (χ1) is 10.4. The first-order valence-electron chi connectivity index (χ1n) is 7.08. The Hall–Kier alpha value is -2.74. The standard InChI is InChI=1S/C19H14N2/c1-2-7-16(8-3-1)20-21-17-10-11-19-15(13-17)12-14-6-4-5-9-18(14)19/h1-11,13H,12H2. The topological polar surface area (TPSA) is 24.7 Å². The molecule has 3 aromatic carbocycles. The zero-order valence-electron chi connectivity index (χ0n) is 11.5. The second kappa shape index (κ2) is 4.98. The molecule has 0 spiro atoms. The van der Waals surface area contributed by atoms with Gasteiger partial charge in [-0.25, -0.2) is 0 Å². The monoisotopic (exact) mass is 270 g/mol. The average molecular weight is 270 g/mol. The maximum absolute atomic E-state index is 4.34. The van der Waals surface area contributed by atoms with E-state index in [1.165, 1.54) is 22.3 Å². The predicted octanol–water partition coefficient (Wildman–Crippen LogP) is 5.67. The van der Waals surface area contributed by atoms with E-state index in [4.69, 9.17) is 0 Å². The van der Waals surface area contributed by atoms with Crippen LogP contribution in [-0.2, 0) is 6.42 Å². The van der Waals surface area contributed by atoms with Gasteiger partial charge in [-0.05, 0) is 52.9 Å². The van der Waals surface area contributed by atoms with Crippen molar-refractivity contribution in [3.63, 3.8) is 0 Å². The van der Waals surface area contributed by atoms with E-state index in [0.29, 0.717) is 0 Å². The third kappa shape index (κ3) is 2.25. The van der Waals surface area contributed by atoms with Crippen molar-refractivity contribution in [2.24, 2.45) is 10.2 Å². The van der Waals surface area contributed by atoms with Gasteiger partial charge in [0.15, 0.2) is 0 Å². The maximum atomic E-state index is 4.34. The SMILES string of the molecule is c1ccc(N=Nc2ccc3c(c2)Cc2ccccc2-3)cc1. The van der Waals surface area contributed by atoms with Gasteiger partial charge in [0.1, 0.15) is 0 Å². The van der Waals surface area contributed by atoms with Crippen molar-refractivity contribution in [2.45, 2.75) is 6.42 Å². The lowest BCUT2D eigenvalue weighted by molar-refractivity contribution is 1.21. The quantitative estimate of drug-likeness (QED) is 0.419. The first kappa shape index (κ1) is 12.0. The fourth-order valence-electron chi connectivity index (χ4n) is 2.80. The highest BCUT2D eigenvalue weighted by Gasteiger charge is 2.17. The van der Waals surface area contributed by atoms with Gasteiger partial charge in [-0.1, -0.05) is 48.5 Å². The minimum absolute atomic E-state index is 0.876. The van der Waals surface area contributed by atoms with E-state index in [1.54, 1.807) is 0 Å². The Morgan fingerprint density at radius 2 is 1.29 bits per heavy atom. The minimum atomic E-state index is 0.876. The Morgan fingerprint density at radius 3 is 2.19 bits per heavy atom. The Labute approximate surface area is 123 Å². The first-order valence-corrected chi connectivity index (χ1v) is 7.08. The van der Waals surface area contributed by atoms with Crippen LogP contribution in [0.1, 0.15) is 11.1 Å². The molecule has 2 heteroatoms. The summed E-state index contributed by atoms with van der Waals surface area (Å²) in [6, 6.07) is 24.7. The molecule has 0 N–H and O–H groups in total. The zero-order chi connectivity index (χ0) is 14.1. The van der Waals surface area contributed by atoms with Crippen molar-refractivity contribution >= 4 is 11.4 Å². The lowest BCUT2D eigenvalue weighted by atomic mass is 10.1. The normalized spacial score (nSPS) is 12.4. The summed E-state index contributed by atoms with van der Waals surface area (Å²) < 4.78 is 0. The molecule has 1 aliphatic rings. The van der Waals surface area contributed by atoms with Gasteiger partial charge >= 0.3 is 0 Å². The summed E-state index contributed by atoms with van der Waals surface area (Å²) in [4.78, 5) is 0. The Kier molecular flexibility index (Phi) is 2.86. The van der Waals surface area contributed by atoms with Gasteiger partial charge in [0.05, 0.1) is 11.4 Å².